The first-order chi connectivity index (χ1) is 8.34. The van der Waals surface area contributed by atoms with Crippen LogP contribution in [0.3, 0.4) is 0 Å². The van der Waals surface area contributed by atoms with Gasteiger partial charge in [0.2, 0.25) is 0 Å². The Labute approximate surface area is 103 Å². The van der Waals surface area contributed by atoms with Crippen molar-refractivity contribution in [1.29, 1.82) is 0 Å². The van der Waals surface area contributed by atoms with Gasteiger partial charge in [0.15, 0.2) is 0 Å². The molecule has 4 rings (SSSR count). The molecule has 1 saturated carbocycles. The fourth-order valence-electron chi connectivity index (χ4n) is 4.00. The highest BCUT2D eigenvalue weighted by Crippen LogP contribution is 2.53. The largest absolute Gasteiger partial charge is 0.373 e. The van der Waals surface area contributed by atoms with E-state index in [1.54, 1.807) is 11.1 Å². The second kappa shape index (κ2) is 3.58. The lowest BCUT2D eigenvalue weighted by molar-refractivity contribution is 0.0224. The third kappa shape index (κ3) is 1.48. The molecule has 0 N–H and O–H groups in total. The standard InChI is InChI=1S/C16H20O/c1-10-4-2-7-15-16(10)12-6-3-5-11-8-13(11)14(12)9-17-15/h3-4,6,11,13,15-16H,2,5,7-9H2,1H3. The van der Waals surface area contributed by atoms with E-state index in [1.807, 2.05) is 0 Å². The molecule has 0 aromatic carbocycles. The highest BCUT2D eigenvalue weighted by atomic mass is 16.5. The predicted octanol–water partition coefficient (Wildman–Crippen LogP) is 3.63. The highest BCUT2D eigenvalue weighted by Gasteiger charge is 2.45. The molecule has 4 unspecified atom stereocenters. The summed E-state index contributed by atoms with van der Waals surface area (Å²) in [5.41, 5.74) is 4.80. The summed E-state index contributed by atoms with van der Waals surface area (Å²) >= 11 is 0. The van der Waals surface area contributed by atoms with Crippen LogP contribution in [0.1, 0.15) is 32.6 Å². The second-order valence-corrected chi connectivity index (χ2v) is 6.07. The lowest BCUT2D eigenvalue weighted by Gasteiger charge is -2.38. The van der Waals surface area contributed by atoms with E-state index in [0.717, 1.165) is 18.4 Å². The summed E-state index contributed by atoms with van der Waals surface area (Å²) in [6.45, 7) is 3.20. The Balaban J connectivity index is 1.80. The Morgan fingerprint density at radius 3 is 3.24 bits per heavy atom. The summed E-state index contributed by atoms with van der Waals surface area (Å²) < 4.78 is 6.14. The van der Waals surface area contributed by atoms with Crippen molar-refractivity contribution < 1.29 is 4.74 Å². The van der Waals surface area contributed by atoms with Crippen LogP contribution in [-0.2, 0) is 4.74 Å². The Kier molecular flexibility index (Phi) is 2.14. The lowest BCUT2D eigenvalue weighted by Crippen LogP contribution is -2.34. The van der Waals surface area contributed by atoms with Crippen molar-refractivity contribution in [2.45, 2.75) is 38.7 Å². The molecule has 1 heteroatoms. The number of fused-ring (bicyclic) bond motifs is 4. The maximum Gasteiger partial charge on any atom is 0.0689 e. The van der Waals surface area contributed by atoms with Crippen molar-refractivity contribution in [2.75, 3.05) is 6.61 Å². The van der Waals surface area contributed by atoms with E-state index in [-0.39, 0.29) is 0 Å². The summed E-state index contributed by atoms with van der Waals surface area (Å²) in [6, 6.07) is 0. The van der Waals surface area contributed by atoms with E-state index in [0.29, 0.717) is 12.0 Å². The monoisotopic (exact) mass is 228 g/mol. The van der Waals surface area contributed by atoms with Gasteiger partial charge in [0.05, 0.1) is 12.7 Å². The zero-order valence-corrected chi connectivity index (χ0v) is 10.5. The molecule has 1 nitrogen and oxygen atoms in total. The Hall–Kier alpha value is -0.820. The SMILES string of the molecule is CC1=CCCC2OCC3=C(C=CCC4CC34)C12. The molecule has 0 radical (unpaired) electrons. The first-order valence-electron chi connectivity index (χ1n) is 7.02. The lowest BCUT2D eigenvalue weighted by atomic mass is 9.76. The first-order valence-corrected chi connectivity index (χ1v) is 7.02. The minimum atomic E-state index is 0.457. The quantitative estimate of drug-likeness (QED) is 0.575. The van der Waals surface area contributed by atoms with E-state index in [9.17, 15) is 0 Å². The average molecular weight is 228 g/mol. The smallest absolute Gasteiger partial charge is 0.0689 e. The van der Waals surface area contributed by atoms with Gasteiger partial charge in [-0.25, -0.2) is 0 Å². The highest BCUT2D eigenvalue weighted by molar-refractivity contribution is 5.42. The van der Waals surface area contributed by atoms with Crippen LogP contribution in [0.4, 0.5) is 0 Å². The van der Waals surface area contributed by atoms with Gasteiger partial charge in [0, 0.05) is 5.92 Å². The molecule has 1 heterocycles. The van der Waals surface area contributed by atoms with Gasteiger partial charge in [-0.3, -0.25) is 0 Å². The summed E-state index contributed by atoms with van der Waals surface area (Å²) in [5, 5.41) is 0. The third-order valence-corrected chi connectivity index (χ3v) is 5.05. The molecule has 1 fully saturated rings. The van der Waals surface area contributed by atoms with Crippen molar-refractivity contribution in [3.05, 3.63) is 34.9 Å². The van der Waals surface area contributed by atoms with Gasteiger partial charge in [-0.05, 0) is 55.6 Å². The fourth-order valence-corrected chi connectivity index (χ4v) is 4.00. The fraction of sp³-hybridized carbons (Fsp3) is 0.625. The molecule has 1 aliphatic heterocycles. The minimum Gasteiger partial charge on any atom is -0.373 e. The number of allylic oxidation sites excluding steroid dienone is 3. The molecule has 0 saturated heterocycles. The average Bonchev–Trinajstić information content (AvgIpc) is 3.08. The third-order valence-electron chi connectivity index (χ3n) is 5.05. The molecule has 3 aliphatic carbocycles. The molecule has 90 valence electrons. The van der Waals surface area contributed by atoms with Crippen LogP contribution in [0, 0.1) is 17.8 Å². The molecule has 0 bridgehead atoms. The van der Waals surface area contributed by atoms with E-state index >= 15 is 0 Å². The summed E-state index contributed by atoms with van der Waals surface area (Å²) in [7, 11) is 0. The number of hydrogen-bond donors (Lipinski definition) is 0. The van der Waals surface area contributed by atoms with E-state index < -0.39 is 0 Å². The number of ether oxygens (including phenoxy) is 1. The molecule has 0 aromatic rings. The van der Waals surface area contributed by atoms with Crippen LogP contribution in [0.15, 0.2) is 34.9 Å². The van der Waals surface area contributed by atoms with Gasteiger partial charge >= 0.3 is 0 Å². The normalized spacial score (nSPS) is 43.2. The van der Waals surface area contributed by atoms with Crippen molar-refractivity contribution in [3.63, 3.8) is 0 Å². The van der Waals surface area contributed by atoms with Gasteiger partial charge in [0.1, 0.15) is 0 Å². The van der Waals surface area contributed by atoms with Gasteiger partial charge in [-0.2, -0.15) is 0 Å². The van der Waals surface area contributed by atoms with Crippen LogP contribution < -0.4 is 0 Å². The van der Waals surface area contributed by atoms with Crippen LogP contribution in [0.2, 0.25) is 0 Å². The minimum absolute atomic E-state index is 0.457. The van der Waals surface area contributed by atoms with Crippen LogP contribution in [0.25, 0.3) is 0 Å². The van der Waals surface area contributed by atoms with Crippen molar-refractivity contribution in [1.82, 2.24) is 0 Å². The second-order valence-electron chi connectivity index (χ2n) is 6.07. The van der Waals surface area contributed by atoms with E-state index in [2.05, 4.69) is 25.2 Å². The van der Waals surface area contributed by atoms with Crippen LogP contribution in [-0.4, -0.2) is 12.7 Å². The maximum atomic E-state index is 6.14. The van der Waals surface area contributed by atoms with E-state index in [4.69, 9.17) is 4.74 Å². The molecule has 4 aliphatic rings. The van der Waals surface area contributed by atoms with E-state index in [1.165, 1.54) is 31.3 Å². The zero-order valence-electron chi connectivity index (χ0n) is 10.5. The molecule has 0 aromatic heterocycles. The zero-order chi connectivity index (χ0) is 11.4. The molecule has 4 atom stereocenters. The van der Waals surface area contributed by atoms with Crippen LogP contribution in [0.5, 0.6) is 0 Å². The molecule has 17 heavy (non-hydrogen) atoms. The van der Waals surface area contributed by atoms with Gasteiger partial charge in [-0.15, -0.1) is 0 Å². The number of hydrogen-bond acceptors (Lipinski definition) is 1. The summed E-state index contributed by atoms with van der Waals surface area (Å²) in [4.78, 5) is 0. The van der Waals surface area contributed by atoms with Crippen LogP contribution >= 0.6 is 0 Å². The summed E-state index contributed by atoms with van der Waals surface area (Å²) in [5.74, 6) is 2.37. The first kappa shape index (κ1) is 10.1. The Morgan fingerprint density at radius 2 is 2.29 bits per heavy atom. The summed E-state index contributed by atoms with van der Waals surface area (Å²) in [6.07, 6.45) is 12.8. The van der Waals surface area contributed by atoms with Gasteiger partial charge < -0.3 is 4.74 Å². The molecule has 0 spiro atoms. The molecule has 0 amide bonds. The van der Waals surface area contributed by atoms with Crippen molar-refractivity contribution in [3.8, 4) is 0 Å². The Morgan fingerprint density at radius 1 is 1.35 bits per heavy atom. The van der Waals surface area contributed by atoms with Crippen molar-refractivity contribution >= 4 is 0 Å². The Bertz CT molecular complexity index is 440. The predicted molar refractivity (Wildman–Crippen MR) is 68.6 cm³/mol. The molecular formula is C16H20O. The van der Waals surface area contributed by atoms with Crippen molar-refractivity contribution in [2.24, 2.45) is 17.8 Å². The van der Waals surface area contributed by atoms with Gasteiger partial charge in [0.25, 0.3) is 0 Å². The molecular weight excluding hydrogens is 208 g/mol. The maximum absolute atomic E-state index is 6.14. The number of rotatable bonds is 0. The van der Waals surface area contributed by atoms with Gasteiger partial charge in [-0.1, -0.05) is 23.8 Å². The topological polar surface area (TPSA) is 9.23 Å².